The number of ether oxygens (including phenoxy) is 1. The first kappa shape index (κ1) is 14.9. The molecule has 1 aliphatic rings. The van der Waals surface area contributed by atoms with Crippen molar-refractivity contribution in [3.05, 3.63) is 34.4 Å². The molecule has 1 aromatic rings. The molecule has 0 amide bonds. The van der Waals surface area contributed by atoms with Gasteiger partial charge in [0.1, 0.15) is 0 Å². The monoisotopic (exact) mass is 337 g/mol. The molecule has 1 aliphatic heterocycles. The highest BCUT2D eigenvalue weighted by Gasteiger charge is 2.25. The lowest BCUT2D eigenvalue weighted by atomic mass is 10.1. The molecule has 2 rings (SSSR count). The maximum atomic E-state index is 5.85. The molecular weight excluding hydrogens is 318 g/mol. The van der Waals surface area contributed by atoms with Crippen LogP contribution in [0.3, 0.4) is 0 Å². The van der Waals surface area contributed by atoms with Gasteiger partial charge in [0.25, 0.3) is 6.02 Å². The molecule has 0 bridgehead atoms. The zero-order valence-corrected chi connectivity index (χ0v) is 13.5. The van der Waals surface area contributed by atoms with Crippen LogP contribution >= 0.6 is 15.9 Å². The highest BCUT2D eigenvalue weighted by Crippen LogP contribution is 2.35. The van der Waals surface area contributed by atoms with Crippen LogP contribution < -0.4 is 5.73 Å². The van der Waals surface area contributed by atoms with Crippen molar-refractivity contribution in [2.45, 2.75) is 26.7 Å². The fourth-order valence-electron chi connectivity index (χ4n) is 2.15. The number of halogens is 1. The van der Waals surface area contributed by atoms with Gasteiger partial charge < -0.3 is 10.5 Å². The largest absolute Gasteiger partial charge is 0.465 e. The summed E-state index contributed by atoms with van der Waals surface area (Å²) in [4.78, 5) is 6.67. The summed E-state index contributed by atoms with van der Waals surface area (Å²) in [6, 6.07) is 6.63. The van der Waals surface area contributed by atoms with Crippen molar-refractivity contribution in [3.63, 3.8) is 0 Å². The lowest BCUT2D eigenvalue weighted by Gasteiger charge is -2.31. The van der Waals surface area contributed by atoms with E-state index in [-0.39, 0.29) is 0 Å². The molecule has 0 unspecified atom stereocenters. The van der Waals surface area contributed by atoms with Gasteiger partial charge in [0.15, 0.2) is 0 Å². The molecule has 0 saturated carbocycles. The van der Waals surface area contributed by atoms with Gasteiger partial charge in [-0.1, -0.05) is 29.8 Å². The molecule has 0 fully saturated rings. The minimum Gasteiger partial charge on any atom is -0.465 e. The molecule has 0 radical (unpaired) electrons. The van der Waals surface area contributed by atoms with Crippen molar-refractivity contribution in [2.24, 2.45) is 10.7 Å². The molecule has 1 aromatic carbocycles. The number of nitrogens with two attached hydrogens (primary N) is 1. The van der Waals surface area contributed by atoms with Crippen LogP contribution in [0.15, 0.2) is 33.9 Å². The van der Waals surface area contributed by atoms with Crippen LogP contribution in [0.5, 0.6) is 0 Å². The van der Waals surface area contributed by atoms with E-state index in [0.29, 0.717) is 12.6 Å². The summed E-state index contributed by atoms with van der Waals surface area (Å²) in [5, 5.41) is 0. The number of rotatable bonds is 4. The quantitative estimate of drug-likeness (QED) is 0.907. The minimum absolute atomic E-state index is 0.639. The molecule has 0 aromatic heterocycles. The van der Waals surface area contributed by atoms with Crippen LogP contribution in [0.2, 0.25) is 0 Å². The smallest absolute Gasteiger partial charge is 0.297 e. The second-order valence-electron chi connectivity index (χ2n) is 4.61. The van der Waals surface area contributed by atoms with E-state index in [1.807, 2.05) is 23.1 Å². The lowest BCUT2D eigenvalue weighted by molar-refractivity contribution is 0.257. The van der Waals surface area contributed by atoms with Gasteiger partial charge in [-0.2, -0.15) is 4.99 Å². The third-order valence-electron chi connectivity index (χ3n) is 3.01. The molecule has 0 saturated heterocycles. The van der Waals surface area contributed by atoms with Gasteiger partial charge in [-0.25, -0.2) is 0 Å². The molecule has 20 heavy (non-hydrogen) atoms. The molecule has 1 heterocycles. The van der Waals surface area contributed by atoms with E-state index < -0.39 is 0 Å². The van der Waals surface area contributed by atoms with E-state index in [1.165, 1.54) is 0 Å². The average Bonchev–Trinajstić information content (AvgIpc) is 2.45. The van der Waals surface area contributed by atoms with E-state index in [0.717, 1.165) is 40.8 Å². The highest BCUT2D eigenvalue weighted by atomic mass is 79.9. The molecule has 2 N–H and O–H groups in total. The Labute approximate surface area is 128 Å². The molecule has 108 valence electrons. The summed E-state index contributed by atoms with van der Waals surface area (Å²) < 4.78 is 6.80. The Hall–Kier alpha value is -1.49. The maximum Gasteiger partial charge on any atom is 0.297 e. The van der Waals surface area contributed by atoms with E-state index in [9.17, 15) is 0 Å². The third-order valence-corrected chi connectivity index (χ3v) is 3.51. The number of hydrogen-bond acceptors (Lipinski definition) is 4. The number of benzene rings is 1. The van der Waals surface area contributed by atoms with Crippen LogP contribution in [-0.2, 0) is 4.74 Å². The van der Waals surface area contributed by atoms with E-state index in [2.05, 4.69) is 34.8 Å². The van der Waals surface area contributed by atoms with Crippen molar-refractivity contribution in [1.29, 1.82) is 0 Å². The van der Waals surface area contributed by atoms with Crippen LogP contribution in [0.1, 0.15) is 32.3 Å². The minimum atomic E-state index is 0.639. The second kappa shape index (κ2) is 6.79. The lowest BCUT2D eigenvalue weighted by Crippen LogP contribution is -2.35. The third kappa shape index (κ3) is 2.98. The van der Waals surface area contributed by atoms with Crippen LogP contribution in [0.4, 0.5) is 5.69 Å². The number of aliphatic imine (C=N–C) groups is 1. The Balaban J connectivity index is 2.46. The van der Waals surface area contributed by atoms with E-state index in [1.54, 1.807) is 6.20 Å². The summed E-state index contributed by atoms with van der Waals surface area (Å²) in [7, 11) is 0. The van der Waals surface area contributed by atoms with Crippen LogP contribution in [-0.4, -0.2) is 24.1 Å². The average molecular weight is 338 g/mol. The Morgan fingerprint density at radius 3 is 2.80 bits per heavy atom. The Morgan fingerprint density at radius 1 is 1.35 bits per heavy atom. The normalized spacial score (nSPS) is 16.1. The van der Waals surface area contributed by atoms with Crippen molar-refractivity contribution in [3.8, 4) is 0 Å². The summed E-state index contributed by atoms with van der Waals surface area (Å²) in [5.74, 6) is 0. The number of amidine groups is 1. The fraction of sp³-hybridized carbons (Fsp3) is 0.400. The SMILES string of the molecule is CCCOC1=Nc2ccc(Br)cc2/C(=C\N)N1CCC. The fourth-order valence-corrected chi connectivity index (χ4v) is 2.51. The standard InChI is InChI=1S/C15H20BrN3O/c1-3-7-19-14(10-17)12-9-11(16)5-6-13(12)18-15(19)20-8-4-2/h5-6,9-10H,3-4,7-8,17H2,1-2H3/b14-10+. The van der Waals surface area contributed by atoms with Gasteiger partial charge in [-0.3, -0.25) is 4.90 Å². The second-order valence-corrected chi connectivity index (χ2v) is 5.52. The van der Waals surface area contributed by atoms with Crippen molar-refractivity contribution >= 4 is 33.3 Å². The van der Waals surface area contributed by atoms with E-state index in [4.69, 9.17) is 10.5 Å². The van der Waals surface area contributed by atoms with Gasteiger partial charge in [0.2, 0.25) is 0 Å². The first-order valence-electron chi connectivity index (χ1n) is 6.92. The number of fused-ring (bicyclic) bond motifs is 1. The number of hydrogen-bond donors (Lipinski definition) is 1. The predicted octanol–water partition coefficient (Wildman–Crippen LogP) is 3.85. The summed E-state index contributed by atoms with van der Waals surface area (Å²) in [6.45, 7) is 5.70. The van der Waals surface area contributed by atoms with Crippen molar-refractivity contribution < 1.29 is 4.74 Å². The van der Waals surface area contributed by atoms with Gasteiger partial charge in [-0.05, 0) is 31.0 Å². The summed E-state index contributed by atoms with van der Waals surface area (Å²) in [6.07, 6.45) is 3.58. The highest BCUT2D eigenvalue weighted by molar-refractivity contribution is 9.10. The zero-order chi connectivity index (χ0) is 14.5. The zero-order valence-electron chi connectivity index (χ0n) is 11.9. The molecule has 5 heteroatoms. The van der Waals surface area contributed by atoms with E-state index >= 15 is 0 Å². The summed E-state index contributed by atoms with van der Waals surface area (Å²) >= 11 is 3.50. The molecule has 4 nitrogen and oxygen atoms in total. The first-order chi connectivity index (χ1) is 9.71. The molecular formula is C15H20BrN3O. The Bertz CT molecular complexity index is 540. The van der Waals surface area contributed by atoms with Gasteiger partial charge >= 0.3 is 0 Å². The topological polar surface area (TPSA) is 50.9 Å². The molecule has 0 spiro atoms. The van der Waals surface area contributed by atoms with Crippen molar-refractivity contribution in [2.75, 3.05) is 13.2 Å². The van der Waals surface area contributed by atoms with Crippen LogP contribution in [0.25, 0.3) is 5.70 Å². The van der Waals surface area contributed by atoms with Gasteiger partial charge in [0, 0.05) is 22.8 Å². The first-order valence-corrected chi connectivity index (χ1v) is 7.71. The van der Waals surface area contributed by atoms with Crippen molar-refractivity contribution in [1.82, 2.24) is 4.90 Å². The predicted molar refractivity (Wildman–Crippen MR) is 86.6 cm³/mol. The molecule has 0 atom stereocenters. The Kier molecular flexibility index (Phi) is 5.06. The maximum absolute atomic E-state index is 5.85. The van der Waals surface area contributed by atoms with Gasteiger partial charge in [-0.15, -0.1) is 0 Å². The Morgan fingerprint density at radius 2 is 2.15 bits per heavy atom. The number of nitrogens with zero attached hydrogens (tertiary/aromatic N) is 2. The summed E-state index contributed by atoms with van der Waals surface area (Å²) in [5.41, 5.74) is 8.72. The van der Waals surface area contributed by atoms with Gasteiger partial charge in [0.05, 0.1) is 18.0 Å². The van der Waals surface area contributed by atoms with Crippen LogP contribution in [0, 0.1) is 0 Å². The molecule has 0 aliphatic carbocycles.